The van der Waals surface area contributed by atoms with Crippen molar-refractivity contribution in [2.75, 3.05) is 0 Å². The molecule has 0 saturated heterocycles. The highest BCUT2D eigenvalue weighted by Crippen LogP contribution is 2.39. The van der Waals surface area contributed by atoms with Crippen molar-refractivity contribution in [3.8, 4) is 12.3 Å². The first kappa shape index (κ1) is 16.1. The van der Waals surface area contributed by atoms with Gasteiger partial charge in [-0.25, -0.2) is 0 Å². The standard InChI is InChI=1S/C19H21BrSi/c1-5-19(20,18(2,3)4)21(16-12-8-6-9-13-16)17-14-10-7-11-15-17/h1,6-15,21H,2-4H3. The van der Waals surface area contributed by atoms with Gasteiger partial charge in [0.1, 0.15) is 8.80 Å². The predicted molar refractivity (Wildman–Crippen MR) is 99.2 cm³/mol. The van der Waals surface area contributed by atoms with Gasteiger partial charge >= 0.3 is 0 Å². The van der Waals surface area contributed by atoms with Crippen LogP contribution >= 0.6 is 15.9 Å². The summed E-state index contributed by atoms with van der Waals surface area (Å²) in [5, 5.41) is 2.74. The third-order valence-corrected chi connectivity index (χ3v) is 10.7. The molecule has 0 amide bonds. The molecule has 0 nitrogen and oxygen atoms in total. The van der Waals surface area contributed by atoms with Crippen LogP contribution in [-0.4, -0.2) is 12.7 Å². The van der Waals surface area contributed by atoms with Gasteiger partial charge in [-0.2, -0.15) is 0 Å². The van der Waals surface area contributed by atoms with E-state index >= 15 is 0 Å². The molecule has 0 fully saturated rings. The van der Waals surface area contributed by atoms with Crippen molar-refractivity contribution in [1.29, 1.82) is 0 Å². The molecule has 1 unspecified atom stereocenters. The fourth-order valence-corrected chi connectivity index (χ4v) is 7.81. The van der Waals surface area contributed by atoms with Crippen molar-refractivity contribution >= 4 is 35.1 Å². The third kappa shape index (κ3) is 3.15. The number of terminal acetylenes is 1. The summed E-state index contributed by atoms with van der Waals surface area (Å²) < 4.78 is -0.317. The van der Waals surface area contributed by atoms with Crippen molar-refractivity contribution in [1.82, 2.24) is 0 Å². The van der Waals surface area contributed by atoms with E-state index in [-0.39, 0.29) is 9.36 Å². The lowest BCUT2D eigenvalue weighted by Gasteiger charge is -2.41. The Labute approximate surface area is 138 Å². The molecule has 0 N–H and O–H groups in total. The smallest absolute Gasteiger partial charge is 0.119 e. The molecule has 2 heteroatoms. The van der Waals surface area contributed by atoms with Gasteiger partial charge in [-0.1, -0.05) is 114 Å². The maximum absolute atomic E-state index is 6.01. The molecule has 2 aromatic carbocycles. The molecule has 0 aliphatic rings. The molecule has 21 heavy (non-hydrogen) atoms. The minimum Gasteiger partial charge on any atom is -0.119 e. The van der Waals surface area contributed by atoms with Crippen molar-refractivity contribution in [2.24, 2.45) is 5.41 Å². The van der Waals surface area contributed by atoms with Gasteiger partial charge in [-0.15, -0.1) is 6.42 Å². The van der Waals surface area contributed by atoms with Gasteiger partial charge in [0, 0.05) is 0 Å². The number of alkyl halides is 1. The molecule has 0 bridgehead atoms. The van der Waals surface area contributed by atoms with Gasteiger partial charge in [-0.3, -0.25) is 0 Å². The minimum atomic E-state index is -1.62. The van der Waals surface area contributed by atoms with Gasteiger partial charge in [0.15, 0.2) is 0 Å². The Bertz CT molecular complexity index is 583. The number of hydrogen-bond acceptors (Lipinski definition) is 0. The number of halogens is 1. The zero-order valence-corrected chi connectivity index (χ0v) is 15.5. The van der Waals surface area contributed by atoms with E-state index in [0.29, 0.717) is 0 Å². The summed E-state index contributed by atoms with van der Waals surface area (Å²) in [5.74, 6) is 3.09. The number of rotatable bonds is 3. The van der Waals surface area contributed by atoms with Crippen LogP contribution in [0.3, 0.4) is 0 Å². The Balaban J connectivity index is 2.66. The summed E-state index contributed by atoms with van der Waals surface area (Å²) in [4.78, 5) is 0. The molecule has 0 heterocycles. The normalized spacial score (nSPS) is 14.5. The lowest BCUT2D eigenvalue weighted by molar-refractivity contribution is 0.411. The number of hydrogen-bond donors (Lipinski definition) is 0. The molecule has 2 aromatic rings. The molecule has 2 rings (SSSR count). The van der Waals surface area contributed by atoms with E-state index in [1.165, 1.54) is 10.4 Å². The fraction of sp³-hybridized carbons (Fsp3) is 0.263. The first-order valence-electron chi connectivity index (χ1n) is 7.17. The van der Waals surface area contributed by atoms with Crippen LogP contribution in [0.15, 0.2) is 60.7 Å². The first-order valence-corrected chi connectivity index (χ1v) is 9.69. The molecule has 0 aromatic heterocycles. The average molecular weight is 357 g/mol. The zero-order valence-electron chi connectivity index (χ0n) is 12.8. The molecule has 0 aliphatic carbocycles. The second-order valence-electron chi connectivity index (χ2n) is 6.36. The van der Waals surface area contributed by atoms with E-state index in [4.69, 9.17) is 6.42 Å². The summed E-state index contributed by atoms with van der Waals surface area (Å²) in [5.41, 5.74) is -0.0235. The van der Waals surface area contributed by atoms with Crippen LogP contribution in [0.4, 0.5) is 0 Å². The van der Waals surface area contributed by atoms with Crippen molar-refractivity contribution in [2.45, 2.75) is 24.7 Å². The minimum absolute atomic E-state index is 0.0235. The highest BCUT2D eigenvalue weighted by molar-refractivity contribution is 9.10. The van der Waals surface area contributed by atoms with Gasteiger partial charge < -0.3 is 0 Å². The second kappa shape index (κ2) is 6.21. The number of benzene rings is 2. The zero-order chi connectivity index (χ0) is 15.5. The third-order valence-electron chi connectivity index (χ3n) is 3.97. The lowest BCUT2D eigenvalue weighted by atomic mass is 9.92. The van der Waals surface area contributed by atoms with Gasteiger partial charge in [0.2, 0.25) is 0 Å². The average Bonchev–Trinajstić information content (AvgIpc) is 2.48. The summed E-state index contributed by atoms with van der Waals surface area (Å²) >= 11 is 3.97. The van der Waals surface area contributed by atoms with Crippen LogP contribution in [0.25, 0.3) is 0 Å². The van der Waals surface area contributed by atoms with Crippen molar-refractivity contribution in [3.63, 3.8) is 0 Å². The van der Waals surface area contributed by atoms with E-state index in [0.717, 1.165) is 0 Å². The Morgan fingerprint density at radius 3 is 1.52 bits per heavy atom. The molecular formula is C19H21BrSi. The molecule has 0 radical (unpaired) electrons. The second-order valence-corrected chi connectivity index (χ2v) is 11.5. The highest BCUT2D eigenvalue weighted by atomic mass is 79.9. The molecule has 108 valence electrons. The Hall–Kier alpha value is -1.30. The van der Waals surface area contributed by atoms with Crippen LogP contribution in [0.5, 0.6) is 0 Å². The van der Waals surface area contributed by atoms with Gasteiger partial charge in [0.25, 0.3) is 0 Å². The van der Waals surface area contributed by atoms with E-state index in [1.54, 1.807) is 0 Å². The maximum atomic E-state index is 6.01. The van der Waals surface area contributed by atoms with Crippen molar-refractivity contribution < 1.29 is 0 Å². The molecule has 1 atom stereocenters. The lowest BCUT2D eigenvalue weighted by Crippen LogP contribution is -2.62. The maximum Gasteiger partial charge on any atom is 0.135 e. The first-order chi connectivity index (χ1) is 9.90. The monoisotopic (exact) mass is 356 g/mol. The summed E-state index contributed by atoms with van der Waals surface area (Å²) in [6.45, 7) is 6.65. The van der Waals surface area contributed by atoms with Crippen molar-refractivity contribution in [3.05, 3.63) is 60.7 Å². The van der Waals surface area contributed by atoms with Crippen LogP contribution in [0.2, 0.25) is 0 Å². The predicted octanol–water partition coefficient (Wildman–Crippen LogP) is 3.38. The Morgan fingerprint density at radius 2 is 1.24 bits per heavy atom. The SMILES string of the molecule is C#CC(Br)([SiH](c1ccccc1)c1ccccc1)C(C)(C)C. The van der Waals surface area contributed by atoms with E-state index in [9.17, 15) is 0 Å². The quantitative estimate of drug-likeness (QED) is 0.449. The Morgan fingerprint density at radius 1 is 0.857 bits per heavy atom. The Kier molecular flexibility index (Phi) is 4.76. The van der Waals surface area contributed by atoms with Crippen LogP contribution in [-0.2, 0) is 0 Å². The highest BCUT2D eigenvalue weighted by Gasteiger charge is 2.47. The molecule has 0 saturated carbocycles. The topological polar surface area (TPSA) is 0 Å². The fourth-order valence-electron chi connectivity index (χ4n) is 2.68. The van der Waals surface area contributed by atoms with E-state index in [1.807, 2.05) is 0 Å². The van der Waals surface area contributed by atoms with Crippen LogP contribution in [0.1, 0.15) is 20.8 Å². The van der Waals surface area contributed by atoms with Crippen LogP contribution < -0.4 is 10.4 Å². The summed E-state index contributed by atoms with van der Waals surface area (Å²) in [6.07, 6.45) is 6.01. The summed E-state index contributed by atoms with van der Waals surface area (Å²) in [7, 11) is -1.62. The van der Waals surface area contributed by atoms with Gasteiger partial charge in [-0.05, 0) is 5.41 Å². The molecule has 0 aliphatic heterocycles. The van der Waals surface area contributed by atoms with E-state index < -0.39 is 8.80 Å². The molecule has 0 spiro atoms. The van der Waals surface area contributed by atoms with E-state index in [2.05, 4.69) is 103 Å². The largest absolute Gasteiger partial charge is 0.135 e. The summed E-state index contributed by atoms with van der Waals surface area (Å²) in [6, 6.07) is 21.4. The molecular weight excluding hydrogens is 336 g/mol. The van der Waals surface area contributed by atoms with Crippen LogP contribution in [0, 0.1) is 17.8 Å². The van der Waals surface area contributed by atoms with Gasteiger partial charge in [0.05, 0.1) is 3.95 Å².